The quantitative estimate of drug-likeness (QED) is 0.882. The van der Waals surface area contributed by atoms with E-state index >= 15 is 0 Å². The van der Waals surface area contributed by atoms with Gasteiger partial charge in [-0.2, -0.15) is 0 Å². The lowest BCUT2D eigenvalue weighted by atomic mass is 9.70. The van der Waals surface area contributed by atoms with Crippen LogP contribution < -0.4 is 11.1 Å². The van der Waals surface area contributed by atoms with Gasteiger partial charge in [0.15, 0.2) is 0 Å². The Morgan fingerprint density at radius 1 is 1.52 bits per heavy atom. The predicted octanol–water partition coefficient (Wildman–Crippen LogP) is 1.47. The normalized spacial score (nSPS) is 27.1. The van der Waals surface area contributed by atoms with E-state index in [0.29, 0.717) is 25.6 Å². The van der Waals surface area contributed by atoms with Crippen LogP contribution in [0, 0.1) is 5.92 Å². The molecular weight excluding hydrogens is 266 g/mol. The Hall–Kier alpha value is -1.59. The molecule has 0 aromatic heterocycles. The Morgan fingerprint density at radius 2 is 2.33 bits per heavy atom. The summed E-state index contributed by atoms with van der Waals surface area (Å²) in [4.78, 5) is 14.1. The molecule has 2 atom stereocenters. The summed E-state index contributed by atoms with van der Waals surface area (Å²) in [7, 11) is 1.68. The summed E-state index contributed by atoms with van der Waals surface area (Å²) in [6, 6.07) is 8.07. The molecule has 0 radical (unpaired) electrons. The van der Waals surface area contributed by atoms with Crippen LogP contribution in [-0.4, -0.2) is 36.7 Å². The average Bonchev–Trinajstić information content (AvgIpc) is 2.70. The van der Waals surface area contributed by atoms with Crippen molar-refractivity contribution >= 4 is 6.03 Å². The van der Waals surface area contributed by atoms with Gasteiger partial charge in [0.25, 0.3) is 0 Å². The SMILES string of the molecule is COCc1cccc(CNC(=O)N2C[C@@H]3CC[C@]3(N)C2)c1. The lowest BCUT2D eigenvalue weighted by Gasteiger charge is -2.39. The Labute approximate surface area is 125 Å². The van der Waals surface area contributed by atoms with Crippen molar-refractivity contribution in [2.45, 2.75) is 31.5 Å². The molecule has 2 aliphatic rings. The number of likely N-dealkylation sites (tertiary alicyclic amines) is 1. The molecule has 1 aromatic carbocycles. The van der Waals surface area contributed by atoms with Crippen LogP contribution in [0.1, 0.15) is 24.0 Å². The highest BCUT2D eigenvalue weighted by Gasteiger charge is 2.51. The van der Waals surface area contributed by atoms with Gasteiger partial charge in [-0.25, -0.2) is 4.79 Å². The number of nitrogens with two attached hydrogens (primary N) is 1. The van der Waals surface area contributed by atoms with Crippen LogP contribution in [0.15, 0.2) is 24.3 Å². The molecule has 1 aliphatic carbocycles. The molecule has 114 valence electrons. The smallest absolute Gasteiger partial charge is 0.317 e. The van der Waals surface area contributed by atoms with Gasteiger partial charge in [0.2, 0.25) is 0 Å². The molecule has 1 aliphatic heterocycles. The molecule has 5 heteroatoms. The topological polar surface area (TPSA) is 67.6 Å². The fraction of sp³-hybridized carbons (Fsp3) is 0.562. The van der Waals surface area contributed by atoms with E-state index in [1.807, 2.05) is 23.1 Å². The van der Waals surface area contributed by atoms with Crippen molar-refractivity contribution in [2.75, 3.05) is 20.2 Å². The third-order valence-corrected chi connectivity index (χ3v) is 4.73. The number of carbonyl (C=O) groups excluding carboxylic acids is 1. The predicted molar refractivity (Wildman–Crippen MR) is 80.6 cm³/mol. The summed E-state index contributed by atoms with van der Waals surface area (Å²) in [5, 5.41) is 2.99. The van der Waals surface area contributed by atoms with Gasteiger partial charge in [-0.3, -0.25) is 0 Å². The summed E-state index contributed by atoms with van der Waals surface area (Å²) < 4.78 is 5.12. The summed E-state index contributed by atoms with van der Waals surface area (Å²) in [5.74, 6) is 0.494. The fourth-order valence-corrected chi connectivity index (χ4v) is 3.33. The Morgan fingerprint density at radius 3 is 2.95 bits per heavy atom. The Balaban J connectivity index is 1.53. The third kappa shape index (κ3) is 2.89. The van der Waals surface area contributed by atoms with Crippen molar-refractivity contribution in [1.82, 2.24) is 10.2 Å². The number of carbonyl (C=O) groups is 1. The molecule has 2 fully saturated rings. The fourth-order valence-electron chi connectivity index (χ4n) is 3.33. The van der Waals surface area contributed by atoms with E-state index in [0.717, 1.165) is 30.5 Å². The zero-order valence-electron chi connectivity index (χ0n) is 12.5. The molecule has 0 unspecified atom stereocenters. The maximum atomic E-state index is 12.2. The van der Waals surface area contributed by atoms with Gasteiger partial charge in [-0.1, -0.05) is 24.3 Å². The van der Waals surface area contributed by atoms with Crippen molar-refractivity contribution in [2.24, 2.45) is 11.7 Å². The first-order valence-corrected chi connectivity index (χ1v) is 7.49. The number of fused-ring (bicyclic) bond motifs is 1. The summed E-state index contributed by atoms with van der Waals surface area (Å²) in [6.45, 7) is 2.61. The number of amides is 2. The summed E-state index contributed by atoms with van der Waals surface area (Å²) in [5.41, 5.74) is 8.35. The van der Waals surface area contributed by atoms with Gasteiger partial charge in [-0.05, 0) is 29.9 Å². The zero-order chi connectivity index (χ0) is 14.9. The Bertz CT molecular complexity index is 534. The van der Waals surface area contributed by atoms with Gasteiger partial charge in [0.1, 0.15) is 0 Å². The van der Waals surface area contributed by atoms with E-state index < -0.39 is 0 Å². The molecule has 1 aromatic rings. The standard InChI is InChI=1S/C16H23N3O2/c1-21-10-13-4-2-3-12(7-13)8-18-15(20)19-9-14-5-6-16(14,17)11-19/h2-4,7,14H,5-6,8-11,17H2,1H3,(H,18,20)/t14-,16-/m0/s1. The number of urea groups is 1. The molecule has 2 amide bonds. The molecule has 1 heterocycles. The van der Waals surface area contributed by atoms with Crippen molar-refractivity contribution in [3.8, 4) is 0 Å². The lowest BCUT2D eigenvalue weighted by Crippen LogP contribution is -2.55. The first kappa shape index (κ1) is 14.4. The Kier molecular flexibility index (Phi) is 3.87. The number of benzene rings is 1. The lowest BCUT2D eigenvalue weighted by molar-refractivity contribution is 0.185. The number of methoxy groups -OCH3 is 1. The van der Waals surface area contributed by atoms with E-state index in [-0.39, 0.29) is 11.6 Å². The first-order chi connectivity index (χ1) is 10.1. The highest BCUT2D eigenvalue weighted by molar-refractivity contribution is 5.75. The molecule has 5 nitrogen and oxygen atoms in total. The number of ether oxygens (including phenoxy) is 1. The monoisotopic (exact) mass is 289 g/mol. The molecular formula is C16H23N3O2. The van der Waals surface area contributed by atoms with Crippen LogP contribution in [0.5, 0.6) is 0 Å². The highest BCUT2D eigenvalue weighted by atomic mass is 16.5. The minimum atomic E-state index is -0.115. The van der Waals surface area contributed by atoms with Crippen molar-refractivity contribution in [3.05, 3.63) is 35.4 Å². The van der Waals surface area contributed by atoms with E-state index in [9.17, 15) is 4.79 Å². The maximum Gasteiger partial charge on any atom is 0.317 e. The van der Waals surface area contributed by atoms with Crippen LogP contribution in [-0.2, 0) is 17.9 Å². The van der Waals surface area contributed by atoms with E-state index in [2.05, 4.69) is 11.4 Å². The average molecular weight is 289 g/mol. The van der Waals surface area contributed by atoms with Gasteiger partial charge >= 0.3 is 6.03 Å². The van der Waals surface area contributed by atoms with Crippen molar-refractivity contribution < 1.29 is 9.53 Å². The molecule has 0 spiro atoms. The van der Waals surface area contributed by atoms with Crippen LogP contribution in [0.3, 0.4) is 0 Å². The van der Waals surface area contributed by atoms with E-state index in [4.69, 9.17) is 10.5 Å². The van der Waals surface area contributed by atoms with Gasteiger partial charge in [-0.15, -0.1) is 0 Å². The second-order valence-corrected chi connectivity index (χ2v) is 6.26. The molecule has 3 rings (SSSR count). The van der Waals surface area contributed by atoms with E-state index in [1.165, 1.54) is 0 Å². The minimum Gasteiger partial charge on any atom is -0.380 e. The molecule has 1 saturated heterocycles. The molecule has 1 saturated carbocycles. The van der Waals surface area contributed by atoms with Crippen LogP contribution >= 0.6 is 0 Å². The zero-order valence-corrected chi connectivity index (χ0v) is 12.5. The first-order valence-electron chi connectivity index (χ1n) is 7.49. The van der Waals surface area contributed by atoms with Gasteiger partial charge < -0.3 is 20.7 Å². The van der Waals surface area contributed by atoms with Gasteiger partial charge in [0, 0.05) is 32.3 Å². The second kappa shape index (κ2) is 5.66. The summed E-state index contributed by atoms with van der Waals surface area (Å²) >= 11 is 0. The third-order valence-electron chi connectivity index (χ3n) is 4.73. The number of nitrogens with zero attached hydrogens (tertiary/aromatic N) is 1. The number of nitrogens with one attached hydrogen (secondary N) is 1. The van der Waals surface area contributed by atoms with E-state index in [1.54, 1.807) is 7.11 Å². The van der Waals surface area contributed by atoms with Gasteiger partial charge in [0.05, 0.1) is 6.61 Å². The second-order valence-electron chi connectivity index (χ2n) is 6.26. The number of hydrogen-bond acceptors (Lipinski definition) is 3. The minimum absolute atomic E-state index is 0.00799. The molecule has 3 N–H and O–H groups in total. The summed E-state index contributed by atoms with van der Waals surface area (Å²) in [6.07, 6.45) is 2.19. The number of rotatable bonds is 4. The highest BCUT2D eigenvalue weighted by Crippen LogP contribution is 2.42. The van der Waals surface area contributed by atoms with Crippen LogP contribution in [0.2, 0.25) is 0 Å². The van der Waals surface area contributed by atoms with Crippen LogP contribution in [0.25, 0.3) is 0 Å². The molecule has 21 heavy (non-hydrogen) atoms. The molecule has 0 bridgehead atoms. The maximum absolute atomic E-state index is 12.2. The van der Waals surface area contributed by atoms with Crippen LogP contribution in [0.4, 0.5) is 4.79 Å². The number of hydrogen-bond donors (Lipinski definition) is 2. The largest absolute Gasteiger partial charge is 0.380 e. The van der Waals surface area contributed by atoms with Crippen molar-refractivity contribution in [1.29, 1.82) is 0 Å². The van der Waals surface area contributed by atoms with Crippen molar-refractivity contribution in [3.63, 3.8) is 0 Å².